The number of aliphatic carboxylic acids is 1. The van der Waals surface area contributed by atoms with Crippen molar-refractivity contribution in [3.05, 3.63) is 58.9 Å². The summed E-state index contributed by atoms with van der Waals surface area (Å²) in [7, 11) is 0. The topological polar surface area (TPSA) is 54.6 Å². The molecule has 108 valence electrons. The van der Waals surface area contributed by atoms with Crippen LogP contribution >= 0.6 is 11.3 Å². The third kappa shape index (κ3) is 3.13. The van der Waals surface area contributed by atoms with Crippen LogP contribution in [0.1, 0.15) is 16.8 Å². The Kier molecular flexibility index (Phi) is 3.75. The standard InChI is InChI=1S/C16H16N2O2S/c1-11-2-4-12(5-3-11)8-13(15(19)20)9-14-10-18-6-7-21-16(18)17-14/h2-7,10,13H,8-9H2,1H3,(H,19,20). The van der Waals surface area contributed by atoms with Gasteiger partial charge in [-0.3, -0.25) is 9.20 Å². The number of nitrogens with zero attached hydrogens (tertiary/aromatic N) is 2. The Labute approximate surface area is 126 Å². The zero-order valence-corrected chi connectivity index (χ0v) is 12.5. The van der Waals surface area contributed by atoms with E-state index in [2.05, 4.69) is 4.98 Å². The lowest BCUT2D eigenvalue weighted by molar-refractivity contribution is -0.141. The zero-order chi connectivity index (χ0) is 14.8. The second-order valence-electron chi connectivity index (χ2n) is 5.25. The third-order valence-electron chi connectivity index (χ3n) is 3.55. The SMILES string of the molecule is Cc1ccc(CC(Cc2cn3ccsc3n2)C(=O)O)cc1. The first-order chi connectivity index (χ1) is 10.1. The van der Waals surface area contributed by atoms with Gasteiger partial charge in [-0.2, -0.15) is 0 Å². The van der Waals surface area contributed by atoms with E-state index in [0.717, 1.165) is 16.2 Å². The van der Waals surface area contributed by atoms with E-state index >= 15 is 0 Å². The molecule has 0 aliphatic heterocycles. The van der Waals surface area contributed by atoms with Crippen LogP contribution in [0.2, 0.25) is 0 Å². The van der Waals surface area contributed by atoms with Gasteiger partial charge in [-0.1, -0.05) is 29.8 Å². The van der Waals surface area contributed by atoms with E-state index in [1.165, 1.54) is 5.56 Å². The maximum Gasteiger partial charge on any atom is 0.307 e. The number of hydrogen-bond acceptors (Lipinski definition) is 3. The molecule has 1 atom stereocenters. The van der Waals surface area contributed by atoms with Crippen LogP contribution in [0.5, 0.6) is 0 Å². The van der Waals surface area contributed by atoms with Gasteiger partial charge in [-0.25, -0.2) is 4.98 Å². The first-order valence-corrected chi connectivity index (χ1v) is 7.69. The van der Waals surface area contributed by atoms with E-state index < -0.39 is 11.9 Å². The number of aryl methyl sites for hydroxylation is 1. The number of benzene rings is 1. The van der Waals surface area contributed by atoms with Crippen LogP contribution in [0.15, 0.2) is 42.0 Å². The largest absolute Gasteiger partial charge is 0.481 e. The molecule has 2 heterocycles. The Bertz CT molecular complexity index is 730. The van der Waals surface area contributed by atoms with Gasteiger partial charge < -0.3 is 5.11 Å². The van der Waals surface area contributed by atoms with Gasteiger partial charge in [0.15, 0.2) is 4.96 Å². The Morgan fingerprint density at radius 1 is 1.33 bits per heavy atom. The molecule has 21 heavy (non-hydrogen) atoms. The van der Waals surface area contributed by atoms with Gasteiger partial charge in [0.2, 0.25) is 0 Å². The molecule has 0 bridgehead atoms. The van der Waals surface area contributed by atoms with Crippen molar-refractivity contribution in [1.29, 1.82) is 0 Å². The van der Waals surface area contributed by atoms with Crippen molar-refractivity contribution in [2.75, 3.05) is 0 Å². The highest BCUT2D eigenvalue weighted by atomic mass is 32.1. The summed E-state index contributed by atoms with van der Waals surface area (Å²) in [6.45, 7) is 2.02. The molecule has 0 saturated heterocycles. The highest BCUT2D eigenvalue weighted by Crippen LogP contribution is 2.18. The van der Waals surface area contributed by atoms with Crippen LogP contribution in [0.4, 0.5) is 0 Å². The van der Waals surface area contributed by atoms with E-state index in [1.54, 1.807) is 11.3 Å². The van der Waals surface area contributed by atoms with Gasteiger partial charge in [0.25, 0.3) is 0 Å². The van der Waals surface area contributed by atoms with Crippen molar-refractivity contribution in [2.45, 2.75) is 19.8 Å². The number of imidazole rings is 1. The number of thiazole rings is 1. The summed E-state index contributed by atoms with van der Waals surface area (Å²) in [6, 6.07) is 8.02. The molecule has 1 aromatic carbocycles. The Hall–Kier alpha value is -2.14. The van der Waals surface area contributed by atoms with Crippen LogP contribution < -0.4 is 0 Å². The molecule has 4 nitrogen and oxygen atoms in total. The predicted molar refractivity (Wildman–Crippen MR) is 82.8 cm³/mol. The van der Waals surface area contributed by atoms with Crippen LogP contribution in [0, 0.1) is 12.8 Å². The minimum absolute atomic E-state index is 0.447. The van der Waals surface area contributed by atoms with Crippen molar-refractivity contribution in [1.82, 2.24) is 9.38 Å². The summed E-state index contributed by atoms with van der Waals surface area (Å²) in [4.78, 5) is 16.9. The van der Waals surface area contributed by atoms with E-state index in [-0.39, 0.29) is 0 Å². The molecule has 1 unspecified atom stereocenters. The number of fused-ring (bicyclic) bond motifs is 1. The molecular weight excluding hydrogens is 284 g/mol. The molecule has 0 saturated carbocycles. The fourth-order valence-electron chi connectivity index (χ4n) is 2.38. The minimum Gasteiger partial charge on any atom is -0.481 e. The smallest absolute Gasteiger partial charge is 0.307 e. The molecule has 0 aliphatic rings. The summed E-state index contributed by atoms with van der Waals surface area (Å²) in [6.07, 6.45) is 4.83. The van der Waals surface area contributed by atoms with E-state index in [4.69, 9.17) is 0 Å². The van der Waals surface area contributed by atoms with Crippen LogP contribution in [-0.4, -0.2) is 20.5 Å². The van der Waals surface area contributed by atoms with E-state index in [1.807, 2.05) is 53.4 Å². The third-order valence-corrected chi connectivity index (χ3v) is 4.32. The lowest BCUT2D eigenvalue weighted by Crippen LogP contribution is -2.19. The maximum absolute atomic E-state index is 11.5. The predicted octanol–water partition coefficient (Wildman–Crippen LogP) is 3.19. The summed E-state index contributed by atoms with van der Waals surface area (Å²) >= 11 is 1.55. The molecule has 0 fully saturated rings. The van der Waals surface area contributed by atoms with Crippen molar-refractivity contribution in [3.8, 4) is 0 Å². The van der Waals surface area contributed by atoms with Gasteiger partial charge in [0.1, 0.15) is 0 Å². The summed E-state index contributed by atoms with van der Waals surface area (Å²) in [5.41, 5.74) is 3.07. The van der Waals surface area contributed by atoms with Crippen molar-refractivity contribution < 1.29 is 9.90 Å². The molecule has 0 spiro atoms. The minimum atomic E-state index is -0.771. The van der Waals surface area contributed by atoms with E-state index in [0.29, 0.717) is 12.8 Å². The summed E-state index contributed by atoms with van der Waals surface area (Å²) in [5.74, 6) is -1.22. The molecule has 3 rings (SSSR count). The van der Waals surface area contributed by atoms with Crippen LogP contribution in [-0.2, 0) is 17.6 Å². The molecule has 0 radical (unpaired) electrons. The second kappa shape index (κ2) is 5.69. The first kappa shape index (κ1) is 13.8. The first-order valence-electron chi connectivity index (χ1n) is 6.81. The average molecular weight is 300 g/mol. The fourth-order valence-corrected chi connectivity index (χ4v) is 3.10. The van der Waals surface area contributed by atoms with Gasteiger partial charge in [0, 0.05) is 24.2 Å². The number of rotatable bonds is 5. The molecular formula is C16H16N2O2S. The molecule has 0 aliphatic carbocycles. The number of carboxylic acid groups (broad SMARTS) is 1. The van der Waals surface area contributed by atoms with Crippen molar-refractivity contribution in [3.63, 3.8) is 0 Å². The lowest BCUT2D eigenvalue weighted by atomic mass is 9.94. The van der Waals surface area contributed by atoms with Gasteiger partial charge in [0.05, 0.1) is 11.6 Å². The molecule has 3 aromatic rings. The average Bonchev–Trinajstić information content (AvgIpc) is 3.01. The highest BCUT2D eigenvalue weighted by molar-refractivity contribution is 7.15. The van der Waals surface area contributed by atoms with E-state index in [9.17, 15) is 9.90 Å². The highest BCUT2D eigenvalue weighted by Gasteiger charge is 2.20. The van der Waals surface area contributed by atoms with Crippen LogP contribution in [0.3, 0.4) is 0 Å². The number of carboxylic acids is 1. The quantitative estimate of drug-likeness (QED) is 0.787. The van der Waals surface area contributed by atoms with Crippen molar-refractivity contribution >= 4 is 22.3 Å². The van der Waals surface area contributed by atoms with Crippen LogP contribution in [0.25, 0.3) is 4.96 Å². The molecule has 2 aromatic heterocycles. The number of carbonyl (C=O) groups is 1. The summed E-state index contributed by atoms with van der Waals surface area (Å²) < 4.78 is 1.94. The lowest BCUT2D eigenvalue weighted by Gasteiger charge is -2.11. The Morgan fingerprint density at radius 2 is 2.10 bits per heavy atom. The Balaban J connectivity index is 1.76. The molecule has 1 N–H and O–H groups in total. The molecule has 0 amide bonds. The van der Waals surface area contributed by atoms with Gasteiger partial charge >= 0.3 is 5.97 Å². The van der Waals surface area contributed by atoms with Gasteiger partial charge in [-0.05, 0) is 18.9 Å². The van der Waals surface area contributed by atoms with Gasteiger partial charge in [-0.15, -0.1) is 11.3 Å². The van der Waals surface area contributed by atoms with Crippen molar-refractivity contribution in [2.24, 2.45) is 5.92 Å². The fraction of sp³-hybridized carbons (Fsp3) is 0.250. The maximum atomic E-state index is 11.5. The summed E-state index contributed by atoms with van der Waals surface area (Å²) in [5, 5.41) is 11.4. The monoisotopic (exact) mass is 300 g/mol. The Morgan fingerprint density at radius 3 is 2.76 bits per heavy atom. The molecule has 5 heteroatoms. The normalized spacial score (nSPS) is 12.6. The second-order valence-corrected chi connectivity index (χ2v) is 6.13. The number of aromatic nitrogens is 2. The zero-order valence-electron chi connectivity index (χ0n) is 11.7. The number of hydrogen-bond donors (Lipinski definition) is 1.